The highest BCUT2D eigenvalue weighted by atomic mass is 15.4. The highest BCUT2D eigenvalue weighted by Gasteiger charge is 2.82. The summed E-state index contributed by atoms with van der Waals surface area (Å²) in [6.45, 7) is 2.38. The molecule has 0 aromatic heterocycles. The molecule has 5 unspecified atom stereocenters. The van der Waals surface area contributed by atoms with Crippen molar-refractivity contribution in [2.45, 2.75) is 24.7 Å². The molecule has 1 fully saturated rings. The normalized spacial score (nSPS) is 41.3. The second-order valence-corrected chi connectivity index (χ2v) is 8.16. The molecule has 4 heteroatoms. The molecule has 120 valence electrons. The summed E-state index contributed by atoms with van der Waals surface area (Å²) in [5.74, 6) is 1.29. The van der Waals surface area contributed by atoms with Crippen LogP contribution in [0.15, 0.2) is 54.1 Å². The Morgan fingerprint density at radius 3 is 2.04 bits per heavy atom. The van der Waals surface area contributed by atoms with Gasteiger partial charge in [0, 0.05) is 73.1 Å². The minimum atomic E-state index is 0.304. The number of hydrogen-bond acceptors (Lipinski definition) is 4. The van der Waals surface area contributed by atoms with Gasteiger partial charge in [0.25, 0.3) is 0 Å². The zero-order valence-electron chi connectivity index (χ0n) is 14.1. The van der Waals surface area contributed by atoms with Crippen molar-refractivity contribution in [1.82, 2.24) is 9.80 Å². The zero-order valence-corrected chi connectivity index (χ0v) is 14.1. The number of fused-ring (bicyclic) bond motifs is 7. The van der Waals surface area contributed by atoms with Crippen molar-refractivity contribution in [2.75, 3.05) is 23.9 Å². The average molecular weight is 316 g/mol. The molecule has 0 amide bonds. The van der Waals surface area contributed by atoms with Gasteiger partial charge < -0.3 is 19.6 Å². The van der Waals surface area contributed by atoms with Gasteiger partial charge >= 0.3 is 0 Å². The monoisotopic (exact) mass is 316 g/mol. The summed E-state index contributed by atoms with van der Waals surface area (Å²) in [6.07, 6.45) is 9.95. The second kappa shape index (κ2) is 3.23. The highest BCUT2D eigenvalue weighted by molar-refractivity contribution is 5.88. The van der Waals surface area contributed by atoms with Gasteiger partial charge in [0.05, 0.1) is 0 Å². The third-order valence-corrected chi connectivity index (χ3v) is 7.46. The Morgan fingerprint density at radius 2 is 1.42 bits per heavy atom. The summed E-state index contributed by atoms with van der Waals surface area (Å²) in [4.78, 5) is 9.84. The lowest BCUT2D eigenvalue weighted by atomic mass is 9.63. The van der Waals surface area contributed by atoms with Gasteiger partial charge in [0.15, 0.2) is 0 Å². The van der Waals surface area contributed by atoms with Gasteiger partial charge in [-0.3, -0.25) is 0 Å². The summed E-state index contributed by atoms with van der Waals surface area (Å²) in [5.41, 5.74) is 8.12. The fourth-order valence-electron chi connectivity index (χ4n) is 6.74. The topological polar surface area (TPSA) is 13.0 Å². The van der Waals surface area contributed by atoms with Crippen molar-refractivity contribution in [1.29, 1.82) is 0 Å². The molecule has 5 atom stereocenters. The summed E-state index contributed by atoms with van der Waals surface area (Å²) in [7, 11) is 4.46. The lowest BCUT2D eigenvalue weighted by molar-refractivity contribution is 0.190. The van der Waals surface area contributed by atoms with Crippen LogP contribution in [0.25, 0.3) is 0 Å². The van der Waals surface area contributed by atoms with E-state index >= 15 is 0 Å². The van der Waals surface area contributed by atoms with E-state index in [2.05, 4.69) is 83.6 Å². The molecule has 2 aliphatic carbocycles. The van der Waals surface area contributed by atoms with Gasteiger partial charge in [-0.15, -0.1) is 0 Å². The van der Waals surface area contributed by atoms with E-state index in [4.69, 9.17) is 0 Å². The van der Waals surface area contributed by atoms with Crippen molar-refractivity contribution < 1.29 is 0 Å². The zero-order chi connectivity index (χ0) is 16.0. The molecule has 1 aromatic carbocycles. The van der Waals surface area contributed by atoms with E-state index in [1.165, 1.54) is 11.4 Å². The molecule has 0 N–H and O–H groups in total. The molecule has 4 aliphatic heterocycles. The maximum Gasteiger partial charge on any atom is 0.113 e. The van der Waals surface area contributed by atoms with Gasteiger partial charge in [-0.25, -0.2) is 0 Å². The Hall–Kier alpha value is -2.36. The molecule has 1 aromatic rings. The van der Waals surface area contributed by atoms with Crippen LogP contribution in [0, 0.1) is 11.8 Å². The number of rotatable bonds is 0. The van der Waals surface area contributed by atoms with E-state index in [1.54, 1.807) is 16.7 Å². The first kappa shape index (κ1) is 12.1. The molecule has 6 aliphatic rings. The Balaban J connectivity index is 1.59. The van der Waals surface area contributed by atoms with Crippen LogP contribution in [0.1, 0.15) is 12.5 Å². The lowest BCUT2D eigenvalue weighted by Crippen LogP contribution is -2.57. The van der Waals surface area contributed by atoms with Crippen LogP contribution in [0.2, 0.25) is 0 Å². The molecule has 0 radical (unpaired) electrons. The van der Waals surface area contributed by atoms with E-state index < -0.39 is 0 Å². The number of anilines is 2. The SMILES string of the molecule is CC1=C2C3C4N(C)C=CN4c4cccc5c4C23C1C1N(C)C=CN51. The van der Waals surface area contributed by atoms with E-state index in [0.717, 1.165) is 0 Å². The quantitative estimate of drug-likeness (QED) is 0.682. The summed E-state index contributed by atoms with van der Waals surface area (Å²) in [5, 5.41) is 0. The molecule has 1 spiro atoms. The minimum Gasteiger partial charge on any atom is -0.358 e. The predicted octanol–water partition coefficient (Wildman–Crippen LogP) is 2.63. The van der Waals surface area contributed by atoms with Crippen molar-refractivity contribution in [3.05, 3.63) is 59.7 Å². The van der Waals surface area contributed by atoms with Crippen LogP contribution < -0.4 is 9.80 Å². The van der Waals surface area contributed by atoms with Crippen molar-refractivity contribution in [3.8, 4) is 0 Å². The van der Waals surface area contributed by atoms with Gasteiger partial charge in [-0.05, 0) is 19.1 Å². The van der Waals surface area contributed by atoms with Crippen LogP contribution in [-0.2, 0) is 5.41 Å². The molecule has 24 heavy (non-hydrogen) atoms. The first-order valence-corrected chi connectivity index (χ1v) is 8.89. The Morgan fingerprint density at radius 1 is 0.833 bits per heavy atom. The van der Waals surface area contributed by atoms with Crippen LogP contribution in [0.4, 0.5) is 11.4 Å². The molecule has 0 bridgehead atoms. The number of benzene rings is 1. The predicted molar refractivity (Wildman–Crippen MR) is 94.1 cm³/mol. The van der Waals surface area contributed by atoms with E-state index in [0.29, 0.717) is 29.6 Å². The van der Waals surface area contributed by atoms with Gasteiger partial charge in [-0.2, -0.15) is 0 Å². The Bertz CT molecular complexity index is 913. The van der Waals surface area contributed by atoms with Crippen LogP contribution in [-0.4, -0.2) is 36.2 Å². The molecule has 0 saturated heterocycles. The van der Waals surface area contributed by atoms with Gasteiger partial charge in [-0.1, -0.05) is 17.2 Å². The van der Waals surface area contributed by atoms with E-state index in [1.807, 2.05) is 0 Å². The number of hydrogen-bond donors (Lipinski definition) is 0. The fourth-order valence-corrected chi connectivity index (χ4v) is 6.74. The second-order valence-electron chi connectivity index (χ2n) is 8.16. The first-order chi connectivity index (χ1) is 11.7. The first-order valence-electron chi connectivity index (χ1n) is 8.89. The third kappa shape index (κ3) is 0.888. The fraction of sp³-hybridized carbons (Fsp3) is 0.400. The van der Waals surface area contributed by atoms with Crippen molar-refractivity contribution >= 4 is 11.4 Å². The molecular formula is C20H20N4. The molecule has 1 saturated carbocycles. The number of nitrogens with zero attached hydrogens (tertiary/aromatic N) is 4. The maximum atomic E-state index is 2.51. The minimum absolute atomic E-state index is 0.304. The summed E-state index contributed by atoms with van der Waals surface area (Å²) < 4.78 is 0. The summed E-state index contributed by atoms with van der Waals surface area (Å²) >= 11 is 0. The molecule has 7 rings (SSSR count). The highest BCUT2D eigenvalue weighted by Crippen LogP contribution is 2.82. The lowest BCUT2D eigenvalue weighted by Gasteiger charge is -2.53. The van der Waals surface area contributed by atoms with Crippen molar-refractivity contribution in [2.24, 2.45) is 11.8 Å². The third-order valence-electron chi connectivity index (χ3n) is 7.46. The van der Waals surface area contributed by atoms with Gasteiger partial charge in [0.2, 0.25) is 0 Å². The van der Waals surface area contributed by atoms with Crippen LogP contribution in [0.3, 0.4) is 0 Å². The Labute approximate surface area is 141 Å². The average Bonchev–Trinajstić information content (AvgIpc) is 2.80. The smallest absolute Gasteiger partial charge is 0.113 e. The largest absolute Gasteiger partial charge is 0.358 e. The van der Waals surface area contributed by atoms with Crippen LogP contribution >= 0.6 is 0 Å². The van der Waals surface area contributed by atoms with E-state index in [-0.39, 0.29) is 0 Å². The maximum absolute atomic E-state index is 2.51. The van der Waals surface area contributed by atoms with Crippen LogP contribution in [0.5, 0.6) is 0 Å². The standard InChI is InChI=1S/C20H20N4/c1-11-14-17-19-22(3)8-10-24(19)13-6-4-5-12-16(13)20(14,17)15(11)18-21(2)7-9-23(12)18/h4-10,15,17-19H,1-3H3. The van der Waals surface area contributed by atoms with Gasteiger partial charge in [0.1, 0.15) is 12.3 Å². The molecule has 4 heterocycles. The van der Waals surface area contributed by atoms with Crippen molar-refractivity contribution in [3.63, 3.8) is 0 Å². The van der Waals surface area contributed by atoms with E-state index in [9.17, 15) is 0 Å². The summed E-state index contributed by atoms with van der Waals surface area (Å²) in [6, 6.07) is 6.88. The molecular weight excluding hydrogens is 296 g/mol. The Kier molecular flexibility index (Phi) is 1.62. The molecule has 4 nitrogen and oxygen atoms in total.